The van der Waals surface area contributed by atoms with Crippen molar-refractivity contribution in [1.82, 2.24) is 9.88 Å². The van der Waals surface area contributed by atoms with Gasteiger partial charge in [0.2, 0.25) is 0 Å². The molecule has 20 heavy (non-hydrogen) atoms. The Kier molecular flexibility index (Phi) is 5.03. The summed E-state index contributed by atoms with van der Waals surface area (Å²) in [4.78, 5) is 12.8. The Hall–Kier alpha value is -1.09. The lowest BCUT2D eigenvalue weighted by molar-refractivity contribution is 0.340. The van der Waals surface area contributed by atoms with Gasteiger partial charge in [-0.3, -0.25) is 4.79 Å². The summed E-state index contributed by atoms with van der Waals surface area (Å²) in [5, 5.41) is 3.38. The molecule has 0 unspecified atom stereocenters. The van der Waals surface area contributed by atoms with E-state index in [1.54, 1.807) is 0 Å². The summed E-state index contributed by atoms with van der Waals surface area (Å²) in [6.07, 6.45) is 6.13. The molecule has 0 bridgehead atoms. The van der Waals surface area contributed by atoms with Crippen LogP contribution in [0, 0.1) is 13.8 Å². The van der Waals surface area contributed by atoms with Crippen LogP contribution < -0.4 is 10.9 Å². The molecule has 0 aromatic carbocycles. The fourth-order valence-electron chi connectivity index (χ4n) is 3.26. The molecule has 1 aromatic rings. The summed E-state index contributed by atoms with van der Waals surface area (Å²) in [5.74, 6) is 0. The lowest BCUT2D eigenvalue weighted by Gasteiger charge is -2.27. The average Bonchev–Trinajstić information content (AvgIpc) is 2.38. The second-order valence-electron chi connectivity index (χ2n) is 6.45. The van der Waals surface area contributed by atoms with Crippen LogP contribution in [-0.2, 0) is 6.54 Å². The number of hydrogen-bond acceptors (Lipinski definition) is 2. The van der Waals surface area contributed by atoms with Gasteiger partial charge in [-0.2, -0.15) is 0 Å². The van der Waals surface area contributed by atoms with Crippen LogP contribution in [0.5, 0.6) is 0 Å². The minimum atomic E-state index is 0.225. The lowest BCUT2D eigenvalue weighted by Crippen LogP contribution is -2.34. The number of nitrogens with zero attached hydrogens (tertiary/aromatic N) is 1. The summed E-state index contributed by atoms with van der Waals surface area (Å²) in [6, 6.07) is 2.99. The molecule has 0 atom stereocenters. The van der Waals surface area contributed by atoms with Crippen molar-refractivity contribution in [2.45, 2.75) is 78.4 Å². The minimum absolute atomic E-state index is 0.225. The van der Waals surface area contributed by atoms with Crippen molar-refractivity contribution in [2.24, 2.45) is 0 Å². The van der Waals surface area contributed by atoms with Crippen LogP contribution in [0.15, 0.2) is 10.9 Å². The fraction of sp³-hybridized carbons (Fsp3) is 0.706. The number of rotatable bonds is 4. The largest absolute Gasteiger partial charge is 0.310 e. The first-order valence-corrected chi connectivity index (χ1v) is 7.95. The Morgan fingerprint density at radius 1 is 1.25 bits per heavy atom. The van der Waals surface area contributed by atoms with Crippen molar-refractivity contribution in [3.63, 3.8) is 0 Å². The number of hydrogen-bond donors (Lipinski definition) is 1. The number of aromatic nitrogens is 1. The van der Waals surface area contributed by atoms with E-state index in [9.17, 15) is 4.79 Å². The summed E-state index contributed by atoms with van der Waals surface area (Å²) in [5.41, 5.74) is 3.40. The van der Waals surface area contributed by atoms with Gasteiger partial charge in [0.15, 0.2) is 0 Å². The molecule has 1 aliphatic rings. The van der Waals surface area contributed by atoms with E-state index in [0.717, 1.165) is 29.7 Å². The van der Waals surface area contributed by atoms with Crippen LogP contribution in [0.4, 0.5) is 0 Å². The molecule has 3 nitrogen and oxygen atoms in total. The highest BCUT2D eigenvalue weighted by Gasteiger charge is 2.20. The van der Waals surface area contributed by atoms with E-state index in [2.05, 4.69) is 43.6 Å². The molecule has 0 aliphatic heterocycles. The second kappa shape index (κ2) is 6.57. The van der Waals surface area contributed by atoms with Crippen molar-refractivity contribution in [3.05, 3.63) is 33.2 Å². The average molecular weight is 276 g/mol. The van der Waals surface area contributed by atoms with E-state index in [1.165, 1.54) is 19.3 Å². The maximum atomic E-state index is 12.8. The van der Waals surface area contributed by atoms with Crippen LogP contribution in [0.1, 0.15) is 68.8 Å². The normalized spacial score (nSPS) is 16.9. The topological polar surface area (TPSA) is 34.0 Å². The summed E-state index contributed by atoms with van der Waals surface area (Å²) < 4.78 is 2.06. The molecule has 0 radical (unpaired) electrons. The van der Waals surface area contributed by atoms with Crippen LogP contribution in [0.3, 0.4) is 0 Å². The Morgan fingerprint density at radius 3 is 2.50 bits per heavy atom. The molecule has 1 aliphatic carbocycles. The van der Waals surface area contributed by atoms with Gasteiger partial charge in [0.05, 0.1) is 0 Å². The SMILES string of the molecule is Cc1cc(C)n(C2CCCCC2)c(=O)c1CNC(C)C. The van der Waals surface area contributed by atoms with Gasteiger partial charge in [0.1, 0.15) is 0 Å². The molecule has 1 aromatic heterocycles. The zero-order valence-electron chi connectivity index (χ0n) is 13.3. The number of aryl methyl sites for hydroxylation is 2. The van der Waals surface area contributed by atoms with Gasteiger partial charge in [-0.05, 0) is 38.3 Å². The van der Waals surface area contributed by atoms with Crippen LogP contribution >= 0.6 is 0 Å². The Balaban J connectivity index is 2.36. The quantitative estimate of drug-likeness (QED) is 0.913. The van der Waals surface area contributed by atoms with Gasteiger partial charge in [-0.15, -0.1) is 0 Å². The Bertz CT molecular complexity index is 510. The third-order valence-electron chi connectivity index (χ3n) is 4.39. The smallest absolute Gasteiger partial charge is 0.255 e. The van der Waals surface area contributed by atoms with Crippen molar-refractivity contribution < 1.29 is 0 Å². The molecular formula is C17H28N2O. The predicted octanol–water partition coefficient (Wildman–Crippen LogP) is 3.47. The number of pyridine rings is 1. The molecular weight excluding hydrogens is 248 g/mol. The van der Waals surface area contributed by atoms with Crippen LogP contribution in [0.25, 0.3) is 0 Å². The zero-order chi connectivity index (χ0) is 14.7. The summed E-state index contributed by atoms with van der Waals surface area (Å²) in [7, 11) is 0. The lowest BCUT2D eigenvalue weighted by atomic mass is 9.94. The van der Waals surface area contributed by atoms with Gasteiger partial charge in [-0.25, -0.2) is 0 Å². The molecule has 1 fully saturated rings. The van der Waals surface area contributed by atoms with Crippen molar-refractivity contribution in [2.75, 3.05) is 0 Å². The maximum Gasteiger partial charge on any atom is 0.255 e. The van der Waals surface area contributed by atoms with Gasteiger partial charge in [0.25, 0.3) is 5.56 Å². The standard InChI is InChI=1S/C17H28N2O/c1-12(2)18-11-16-13(3)10-14(4)19(17(16)20)15-8-6-5-7-9-15/h10,12,15,18H,5-9,11H2,1-4H3. The zero-order valence-corrected chi connectivity index (χ0v) is 13.3. The molecule has 1 N–H and O–H groups in total. The van der Waals surface area contributed by atoms with Gasteiger partial charge >= 0.3 is 0 Å². The minimum Gasteiger partial charge on any atom is -0.310 e. The van der Waals surface area contributed by atoms with E-state index in [-0.39, 0.29) is 5.56 Å². The second-order valence-corrected chi connectivity index (χ2v) is 6.45. The van der Waals surface area contributed by atoms with Crippen molar-refractivity contribution in [3.8, 4) is 0 Å². The molecule has 0 amide bonds. The molecule has 0 spiro atoms. The molecule has 112 valence electrons. The summed E-state index contributed by atoms with van der Waals surface area (Å²) >= 11 is 0. The molecule has 2 rings (SSSR count). The third kappa shape index (κ3) is 3.32. The molecule has 3 heteroatoms. The van der Waals surface area contributed by atoms with Crippen molar-refractivity contribution in [1.29, 1.82) is 0 Å². The fourth-order valence-corrected chi connectivity index (χ4v) is 3.26. The van der Waals surface area contributed by atoms with Gasteiger partial charge in [-0.1, -0.05) is 33.1 Å². The first kappa shape index (κ1) is 15.3. The third-order valence-corrected chi connectivity index (χ3v) is 4.39. The van der Waals surface area contributed by atoms with Gasteiger partial charge in [0, 0.05) is 29.9 Å². The Labute approximate surface area is 122 Å². The molecule has 1 saturated carbocycles. The highest BCUT2D eigenvalue weighted by Crippen LogP contribution is 2.28. The Morgan fingerprint density at radius 2 is 1.90 bits per heavy atom. The predicted molar refractivity (Wildman–Crippen MR) is 84.3 cm³/mol. The number of nitrogens with one attached hydrogen (secondary N) is 1. The first-order chi connectivity index (χ1) is 9.50. The van der Waals surface area contributed by atoms with E-state index in [0.29, 0.717) is 18.6 Å². The highest BCUT2D eigenvalue weighted by atomic mass is 16.1. The van der Waals surface area contributed by atoms with Crippen molar-refractivity contribution >= 4 is 0 Å². The monoisotopic (exact) mass is 276 g/mol. The van der Waals surface area contributed by atoms with Gasteiger partial charge < -0.3 is 9.88 Å². The van der Waals surface area contributed by atoms with Crippen LogP contribution in [0.2, 0.25) is 0 Å². The van der Waals surface area contributed by atoms with Crippen LogP contribution in [-0.4, -0.2) is 10.6 Å². The maximum absolute atomic E-state index is 12.8. The summed E-state index contributed by atoms with van der Waals surface area (Å²) in [6.45, 7) is 9.03. The van der Waals surface area contributed by atoms with E-state index in [1.807, 2.05) is 0 Å². The van der Waals surface area contributed by atoms with E-state index in [4.69, 9.17) is 0 Å². The van der Waals surface area contributed by atoms with E-state index < -0.39 is 0 Å². The van der Waals surface area contributed by atoms with E-state index >= 15 is 0 Å². The highest BCUT2D eigenvalue weighted by molar-refractivity contribution is 5.26. The first-order valence-electron chi connectivity index (χ1n) is 7.95. The molecule has 0 saturated heterocycles. The molecule has 1 heterocycles.